The summed E-state index contributed by atoms with van der Waals surface area (Å²) >= 11 is 0. The maximum absolute atomic E-state index is 12.5. The highest BCUT2D eigenvalue weighted by Gasteiger charge is 2.44. The predicted molar refractivity (Wildman–Crippen MR) is 128 cm³/mol. The van der Waals surface area contributed by atoms with Crippen molar-refractivity contribution in [2.45, 2.75) is 44.8 Å². The molecule has 16 heteroatoms. The van der Waals surface area contributed by atoms with Crippen LogP contribution in [0.15, 0.2) is 29.4 Å². The lowest BCUT2D eigenvalue weighted by Crippen LogP contribution is -2.33. The molecule has 0 bridgehead atoms. The van der Waals surface area contributed by atoms with E-state index >= 15 is 0 Å². The number of aromatic amines is 1. The van der Waals surface area contributed by atoms with Gasteiger partial charge in [0, 0.05) is 0 Å². The third-order valence-electron chi connectivity index (χ3n) is 5.80. The summed E-state index contributed by atoms with van der Waals surface area (Å²) in [5.41, 5.74) is -0.353. The van der Waals surface area contributed by atoms with Crippen molar-refractivity contribution in [3.05, 3.63) is 29.9 Å². The van der Waals surface area contributed by atoms with Gasteiger partial charge in [0.15, 0.2) is 29.0 Å². The van der Waals surface area contributed by atoms with Crippen LogP contribution < -0.4 is 0 Å². The van der Waals surface area contributed by atoms with Gasteiger partial charge in [0.05, 0.1) is 37.7 Å². The standard InChI is InChI=1S/C22H25N7O9/c1-3-11(10(6-30)21(34)35)25-18-14-19(29(8-23-14)20-16(33)15(32)12(7-31)38-20)27-17(26-18)13-9(5-24-28-13)22(36)37-4-2/h5-6,8,12,15-16,20,30-33H,3-4,7H2,1-2H3,(H,24,28)(H,34,35)/t12-,15-,16-,20-/m1/s1. The molecule has 3 aromatic rings. The zero-order valence-corrected chi connectivity index (χ0v) is 20.2. The summed E-state index contributed by atoms with van der Waals surface area (Å²) in [4.78, 5) is 41.5. The first-order valence-electron chi connectivity index (χ1n) is 11.5. The number of nitrogens with zero attached hydrogens (tertiary/aromatic N) is 6. The minimum Gasteiger partial charge on any atom is -0.515 e. The fraction of sp³-hybridized carbons (Fsp3) is 0.409. The fourth-order valence-electron chi connectivity index (χ4n) is 3.92. The molecule has 0 amide bonds. The highest BCUT2D eigenvalue weighted by atomic mass is 16.6. The number of fused-ring (bicyclic) bond motifs is 1. The van der Waals surface area contributed by atoms with E-state index in [0.717, 1.165) is 0 Å². The van der Waals surface area contributed by atoms with E-state index in [4.69, 9.17) is 9.47 Å². The van der Waals surface area contributed by atoms with Crippen molar-refractivity contribution < 1.29 is 44.6 Å². The van der Waals surface area contributed by atoms with E-state index < -0.39 is 48.7 Å². The van der Waals surface area contributed by atoms with Gasteiger partial charge in [0.25, 0.3) is 0 Å². The SMILES string of the molecule is CCOC(=O)c1cn[nH]c1-c1nc(N=C(CC)C(=CO)C(=O)O)c2ncn([C@@H]3O[C@H](CO)[C@@H](O)[C@H]3O)c2n1. The molecular formula is C22H25N7O9. The molecule has 16 nitrogen and oxygen atoms in total. The monoisotopic (exact) mass is 531 g/mol. The summed E-state index contributed by atoms with van der Waals surface area (Å²) in [5, 5.41) is 55.7. The molecular weight excluding hydrogens is 506 g/mol. The van der Waals surface area contributed by atoms with E-state index in [1.54, 1.807) is 13.8 Å². The third kappa shape index (κ3) is 4.72. The predicted octanol–water partition coefficient (Wildman–Crippen LogP) is 0.0136. The van der Waals surface area contributed by atoms with Crippen LogP contribution in [0.1, 0.15) is 36.9 Å². The van der Waals surface area contributed by atoms with Crippen LogP contribution in [-0.2, 0) is 14.3 Å². The van der Waals surface area contributed by atoms with E-state index in [0.29, 0.717) is 6.26 Å². The van der Waals surface area contributed by atoms with Crippen LogP contribution in [-0.4, -0.2) is 104 Å². The van der Waals surface area contributed by atoms with Gasteiger partial charge in [0.1, 0.15) is 35.1 Å². The van der Waals surface area contributed by atoms with Gasteiger partial charge < -0.3 is 35.0 Å². The number of carbonyl (C=O) groups excluding carboxylic acids is 1. The quantitative estimate of drug-likeness (QED) is 0.0924. The summed E-state index contributed by atoms with van der Waals surface area (Å²) in [5.74, 6) is -2.36. The van der Waals surface area contributed by atoms with Crippen LogP contribution in [0.5, 0.6) is 0 Å². The number of hydrogen-bond acceptors (Lipinski definition) is 13. The number of carbonyl (C=O) groups is 2. The molecule has 0 aromatic carbocycles. The highest BCUT2D eigenvalue weighted by molar-refractivity contribution is 6.19. The second kappa shape index (κ2) is 11.0. The van der Waals surface area contributed by atoms with Gasteiger partial charge >= 0.3 is 11.9 Å². The van der Waals surface area contributed by atoms with Gasteiger partial charge in [-0.05, 0) is 13.3 Å². The number of aliphatic hydroxyl groups is 4. The van der Waals surface area contributed by atoms with E-state index in [1.807, 2.05) is 0 Å². The number of rotatable bonds is 9. The number of ether oxygens (including phenoxy) is 2. The average molecular weight is 531 g/mol. The van der Waals surface area contributed by atoms with E-state index in [9.17, 15) is 35.1 Å². The summed E-state index contributed by atoms with van der Waals surface area (Å²) < 4.78 is 11.9. The summed E-state index contributed by atoms with van der Waals surface area (Å²) in [7, 11) is 0. The van der Waals surface area contributed by atoms with E-state index in [-0.39, 0.29) is 52.8 Å². The van der Waals surface area contributed by atoms with Crippen molar-refractivity contribution in [2.24, 2.45) is 4.99 Å². The molecule has 1 aliphatic rings. The number of carboxylic acids is 1. The van der Waals surface area contributed by atoms with Crippen LogP contribution in [0.25, 0.3) is 22.7 Å². The number of nitrogens with one attached hydrogen (secondary N) is 1. The molecule has 0 saturated carbocycles. The maximum atomic E-state index is 12.5. The summed E-state index contributed by atoms with van der Waals surface area (Å²) in [6.45, 7) is 2.80. The normalized spacial score (nSPS) is 22.2. The number of aliphatic hydroxyl groups excluding tert-OH is 4. The van der Waals surface area contributed by atoms with Crippen LogP contribution in [0.3, 0.4) is 0 Å². The minimum absolute atomic E-state index is 0.0114. The molecule has 0 spiro atoms. The van der Waals surface area contributed by atoms with Gasteiger partial charge in [-0.3, -0.25) is 9.67 Å². The van der Waals surface area contributed by atoms with Crippen LogP contribution in [0, 0.1) is 0 Å². The molecule has 38 heavy (non-hydrogen) atoms. The van der Waals surface area contributed by atoms with Gasteiger partial charge in [-0.25, -0.2) is 29.5 Å². The number of aromatic nitrogens is 6. The van der Waals surface area contributed by atoms with Crippen LogP contribution in [0.2, 0.25) is 0 Å². The second-order valence-electron chi connectivity index (χ2n) is 8.06. The molecule has 1 fully saturated rings. The number of aliphatic imine (C=N–C) groups is 1. The molecule has 4 heterocycles. The van der Waals surface area contributed by atoms with Crippen molar-refractivity contribution in [3.8, 4) is 11.5 Å². The van der Waals surface area contributed by atoms with Crippen molar-refractivity contribution in [1.29, 1.82) is 0 Å². The Kier molecular flexibility index (Phi) is 7.77. The summed E-state index contributed by atoms with van der Waals surface area (Å²) in [6, 6.07) is 0. The van der Waals surface area contributed by atoms with Gasteiger partial charge in [0.2, 0.25) is 0 Å². The van der Waals surface area contributed by atoms with E-state index in [1.165, 1.54) is 17.1 Å². The Morgan fingerprint density at radius 1 is 1.26 bits per heavy atom. The molecule has 4 atom stereocenters. The topological polar surface area (TPSA) is 238 Å². The molecule has 3 aromatic heterocycles. The average Bonchev–Trinajstić information content (AvgIpc) is 3.62. The van der Waals surface area contributed by atoms with Crippen LogP contribution >= 0.6 is 0 Å². The maximum Gasteiger partial charge on any atom is 0.342 e. The Hall–Kier alpha value is -4.25. The van der Waals surface area contributed by atoms with Crippen molar-refractivity contribution in [2.75, 3.05) is 13.2 Å². The Balaban J connectivity index is 1.95. The van der Waals surface area contributed by atoms with Crippen LogP contribution in [0.4, 0.5) is 5.82 Å². The van der Waals surface area contributed by atoms with Crippen molar-refractivity contribution >= 4 is 34.6 Å². The first kappa shape index (κ1) is 26.8. The molecule has 0 unspecified atom stereocenters. The van der Waals surface area contributed by atoms with Gasteiger partial charge in [-0.2, -0.15) is 5.10 Å². The highest BCUT2D eigenvalue weighted by Crippen LogP contribution is 2.34. The van der Waals surface area contributed by atoms with Crippen molar-refractivity contribution in [1.82, 2.24) is 29.7 Å². The Morgan fingerprint density at radius 2 is 2.03 bits per heavy atom. The summed E-state index contributed by atoms with van der Waals surface area (Å²) in [6.07, 6.45) is -2.18. The van der Waals surface area contributed by atoms with Crippen molar-refractivity contribution in [3.63, 3.8) is 0 Å². The Bertz CT molecular complexity index is 1410. The first-order chi connectivity index (χ1) is 18.2. The number of hydrogen-bond donors (Lipinski definition) is 6. The lowest BCUT2D eigenvalue weighted by atomic mass is 10.1. The molecule has 1 aliphatic heterocycles. The number of imidazole rings is 1. The zero-order chi connectivity index (χ0) is 27.6. The lowest BCUT2D eigenvalue weighted by molar-refractivity contribution is -0.132. The van der Waals surface area contributed by atoms with Gasteiger partial charge in [-0.15, -0.1) is 0 Å². The second-order valence-corrected chi connectivity index (χ2v) is 8.06. The Labute approximate surface area is 213 Å². The fourth-order valence-corrected chi connectivity index (χ4v) is 3.92. The first-order valence-corrected chi connectivity index (χ1v) is 11.5. The zero-order valence-electron chi connectivity index (χ0n) is 20.2. The molecule has 0 aliphatic carbocycles. The number of H-pyrrole nitrogens is 1. The Morgan fingerprint density at radius 3 is 2.63 bits per heavy atom. The molecule has 202 valence electrons. The molecule has 4 rings (SSSR count). The van der Waals surface area contributed by atoms with E-state index in [2.05, 4.69) is 30.1 Å². The molecule has 6 N–H and O–H groups in total. The third-order valence-corrected chi connectivity index (χ3v) is 5.80. The lowest BCUT2D eigenvalue weighted by Gasteiger charge is -2.16. The smallest absolute Gasteiger partial charge is 0.342 e. The number of aliphatic carboxylic acids is 1. The number of carboxylic acid groups (broad SMARTS) is 1. The molecule has 0 radical (unpaired) electrons. The molecule has 1 saturated heterocycles. The largest absolute Gasteiger partial charge is 0.515 e. The minimum atomic E-state index is -1.46. The van der Waals surface area contributed by atoms with Gasteiger partial charge in [-0.1, -0.05) is 6.92 Å². The number of esters is 1.